The summed E-state index contributed by atoms with van der Waals surface area (Å²) in [4.78, 5) is 10.5. The average molecular weight is 448 g/mol. The van der Waals surface area contributed by atoms with Gasteiger partial charge in [0.25, 0.3) is 5.69 Å². The smallest absolute Gasteiger partial charge is 0.323 e. The fraction of sp³-hybridized carbons (Fsp3) is 0.211. The minimum Gasteiger partial charge on any atom is -1.00 e. The summed E-state index contributed by atoms with van der Waals surface area (Å²) < 4.78 is 9.72. The van der Waals surface area contributed by atoms with Crippen molar-refractivity contribution in [3.63, 3.8) is 0 Å². The van der Waals surface area contributed by atoms with Gasteiger partial charge in [0, 0.05) is 23.4 Å². The van der Waals surface area contributed by atoms with Crippen LogP contribution in [-0.2, 0) is 6.54 Å². The first-order chi connectivity index (χ1) is 12.7. The van der Waals surface area contributed by atoms with Gasteiger partial charge in [-0.25, -0.2) is 4.57 Å². The zero-order valence-corrected chi connectivity index (χ0v) is 17.1. The van der Waals surface area contributed by atoms with E-state index in [2.05, 4.69) is 15.3 Å². The molecule has 0 bridgehead atoms. The number of rotatable bonds is 4. The number of halogens is 1. The summed E-state index contributed by atoms with van der Waals surface area (Å²) in [5.74, 6) is 1.91. The largest absolute Gasteiger partial charge is 1.00 e. The molecule has 0 fully saturated rings. The molecule has 1 aliphatic heterocycles. The molecule has 4 rings (SSSR count). The predicted molar refractivity (Wildman–Crippen MR) is 99.9 cm³/mol. The lowest BCUT2D eigenvalue weighted by atomic mass is 10.1. The van der Waals surface area contributed by atoms with Gasteiger partial charge >= 0.3 is 5.16 Å². The number of non-ortho nitro benzene ring substituents is 1. The SMILES string of the molecule is COc1ccc(-n2cc(-c3ccc([N+](=O)[O-])cc3)[n+]3c2SCCC3)cc1.[Br-]. The molecule has 6 nitrogen and oxygen atoms in total. The van der Waals surface area contributed by atoms with Gasteiger partial charge in [-0.2, -0.15) is 4.57 Å². The molecule has 140 valence electrons. The zero-order chi connectivity index (χ0) is 18.1. The van der Waals surface area contributed by atoms with Crippen LogP contribution in [0, 0.1) is 10.1 Å². The number of methoxy groups -OCH3 is 1. The minimum absolute atomic E-state index is 0. The molecule has 3 aromatic rings. The highest BCUT2D eigenvalue weighted by molar-refractivity contribution is 7.99. The molecular weight excluding hydrogens is 430 g/mol. The van der Waals surface area contributed by atoms with Crippen molar-refractivity contribution in [2.45, 2.75) is 18.1 Å². The van der Waals surface area contributed by atoms with E-state index in [9.17, 15) is 10.1 Å². The first-order valence-corrected chi connectivity index (χ1v) is 9.33. The van der Waals surface area contributed by atoms with Crippen LogP contribution >= 0.6 is 11.8 Å². The third-order valence-electron chi connectivity index (χ3n) is 4.46. The number of nitro groups is 1. The molecule has 2 heterocycles. The Hall–Kier alpha value is -2.32. The Bertz CT molecular complexity index is 956. The Labute approximate surface area is 171 Å². The van der Waals surface area contributed by atoms with E-state index in [-0.39, 0.29) is 27.6 Å². The van der Waals surface area contributed by atoms with E-state index >= 15 is 0 Å². The van der Waals surface area contributed by atoms with E-state index in [4.69, 9.17) is 4.74 Å². The Morgan fingerprint density at radius 1 is 1.15 bits per heavy atom. The molecule has 0 aliphatic carbocycles. The van der Waals surface area contributed by atoms with Gasteiger partial charge in [-0.05, 0) is 54.6 Å². The number of aromatic nitrogens is 2. The monoisotopic (exact) mass is 447 g/mol. The van der Waals surface area contributed by atoms with Crippen molar-refractivity contribution >= 4 is 17.4 Å². The Kier molecular flexibility index (Phi) is 5.86. The van der Waals surface area contributed by atoms with Crippen LogP contribution < -0.4 is 26.3 Å². The zero-order valence-electron chi connectivity index (χ0n) is 14.7. The van der Waals surface area contributed by atoms with Gasteiger partial charge in [0.05, 0.1) is 18.6 Å². The third kappa shape index (κ3) is 3.72. The van der Waals surface area contributed by atoms with Crippen molar-refractivity contribution < 1.29 is 31.2 Å². The van der Waals surface area contributed by atoms with Crippen molar-refractivity contribution in [1.29, 1.82) is 0 Å². The summed E-state index contributed by atoms with van der Waals surface area (Å²) >= 11 is 1.83. The summed E-state index contributed by atoms with van der Waals surface area (Å²) in [5, 5.41) is 12.1. The second kappa shape index (κ2) is 8.14. The second-order valence-corrected chi connectivity index (χ2v) is 7.08. The molecule has 1 aromatic heterocycles. The van der Waals surface area contributed by atoms with Crippen molar-refractivity contribution in [3.8, 4) is 22.7 Å². The normalized spacial score (nSPS) is 12.8. The molecule has 1 aliphatic rings. The number of imidazole rings is 1. The maximum Gasteiger partial charge on any atom is 0.323 e. The number of thioether (sulfide) groups is 1. The highest BCUT2D eigenvalue weighted by Gasteiger charge is 2.29. The molecule has 0 spiro atoms. The maximum atomic E-state index is 10.9. The van der Waals surface area contributed by atoms with E-state index in [1.165, 1.54) is 5.16 Å². The van der Waals surface area contributed by atoms with Gasteiger partial charge in [0.15, 0.2) is 5.69 Å². The molecule has 0 amide bonds. The summed E-state index contributed by atoms with van der Waals surface area (Å²) in [6.07, 6.45) is 3.21. The van der Waals surface area contributed by atoms with Crippen LogP contribution in [0.4, 0.5) is 5.69 Å². The molecule has 2 aromatic carbocycles. The number of nitrogens with zero attached hydrogens (tertiary/aromatic N) is 3. The molecule has 27 heavy (non-hydrogen) atoms. The van der Waals surface area contributed by atoms with E-state index in [1.807, 2.05) is 48.2 Å². The number of ether oxygens (including phenoxy) is 1. The molecule has 8 heteroatoms. The molecule has 0 unspecified atom stereocenters. The summed E-state index contributed by atoms with van der Waals surface area (Å²) in [6, 6.07) is 14.7. The molecule has 0 radical (unpaired) electrons. The number of hydrogen-bond acceptors (Lipinski definition) is 4. The Morgan fingerprint density at radius 2 is 1.85 bits per heavy atom. The van der Waals surface area contributed by atoms with Crippen molar-refractivity contribution in [2.24, 2.45) is 0 Å². The van der Waals surface area contributed by atoms with E-state index in [0.29, 0.717) is 0 Å². The van der Waals surface area contributed by atoms with E-state index in [1.54, 1.807) is 19.2 Å². The third-order valence-corrected chi connectivity index (χ3v) is 5.63. The Morgan fingerprint density at radius 3 is 2.48 bits per heavy atom. The van der Waals surface area contributed by atoms with Crippen LogP contribution in [-0.4, -0.2) is 22.4 Å². The minimum atomic E-state index is -0.370. The van der Waals surface area contributed by atoms with Gasteiger partial charge in [0.1, 0.15) is 17.6 Å². The maximum absolute atomic E-state index is 10.9. The van der Waals surface area contributed by atoms with E-state index in [0.717, 1.165) is 41.4 Å². The highest BCUT2D eigenvalue weighted by atomic mass is 79.9. The van der Waals surface area contributed by atoms with Crippen LogP contribution in [0.25, 0.3) is 16.9 Å². The van der Waals surface area contributed by atoms with Crippen LogP contribution in [0.5, 0.6) is 5.75 Å². The Balaban J connectivity index is 0.00000210. The van der Waals surface area contributed by atoms with Crippen molar-refractivity contribution in [1.82, 2.24) is 4.57 Å². The number of fused-ring (bicyclic) bond motifs is 1. The number of nitro benzene ring substituents is 1. The molecule has 0 atom stereocenters. The predicted octanol–water partition coefficient (Wildman–Crippen LogP) is 0.848. The molecular formula is C19H18BrN3O3S. The van der Waals surface area contributed by atoms with Gasteiger partial charge in [-0.3, -0.25) is 10.1 Å². The molecule has 0 saturated heterocycles. The summed E-state index contributed by atoms with van der Waals surface area (Å²) in [5.41, 5.74) is 3.22. The first kappa shape index (κ1) is 19.4. The van der Waals surface area contributed by atoms with Crippen molar-refractivity contribution in [3.05, 3.63) is 64.8 Å². The lowest BCUT2D eigenvalue weighted by Gasteiger charge is -2.10. The fourth-order valence-electron chi connectivity index (χ4n) is 3.14. The lowest BCUT2D eigenvalue weighted by Crippen LogP contribution is -3.00. The number of hydrogen-bond donors (Lipinski definition) is 0. The average Bonchev–Trinajstić information content (AvgIpc) is 3.08. The van der Waals surface area contributed by atoms with Crippen molar-refractivity contribution in [2.75, 3.05) is 12.9 Å². The first-order valence-electron chi connectivity index (χ1n) is 8.34. The van der Waals surface area contributed by atoms with Crippen LogP contribution in [0.1, 0.15) is 6.42 Å². The standard InChI is InChI=1S/C19H18N3O3S.BrH/c1-25-17-9-7-15(8-10-17)21-13-18(20-11-2-12-26-19(20)21)14-3-5-16(6-4-14)22(23)24;/h3-10,13H,2,11-12H2,1H3;1H/q+1;/p-1. The number of benzene rings is 2. The van der Waals surface area contributed by atoms with Crippen LogP contribution in [0.3, 0.4) is 0 Å². The quantitative estimate of drug-likeness (QED) is 0.338. The molecule has 0 saturated carbocycles. The van der Waals surface area contributed by atoms with Gasteiger partial charge in [-0.15, -0.1) is 0 Å². The second-order valence-electron chi connectivity index (χ2n) is 6.02. The van der Waals surface area contributed by atoms with Gasteiger partial charge in [-0.1, -0.05) is 0 Å². The highest BCUT2D eigenvalue weighted by Crippen LogP contribution is 2.30. The molecule has 0 N–H and O–H groups in total. The van der Waals surface area contributed by atoms with Gasteiger partial charge in [0.2, 0.25) is 0 Å². The van der Waals surface area contributed by atoms with Crippen LogP contribution in [0.15, 0.2) is 59.9 Å². The van der Waals surface area contributed by atoms with E-state index < -0.39 is 0 Å². The fourth-order valence-corrected chi connectivity index (χ4v) is 4.24. The summed E-state index contributed by atoms with van der Waals surface area (Å²) in [6.45, 7) is 0.942. The summed E-state index contributed by atoms with van der Waals surface area (Å²) in [7, 11) is 1.66. The lowest BCUT2D eigenvalue weighted by molar-refractivity contribution is -0.724. The van der Waals surface area contributed by atoms with Gasteiger partial charge < -0.3 is 21.7 Å². The topological polar surface area (TPSA) is 61.2 Å². The van der Waals surface area contributed by atoms with Crippen LogP contribution in [0.2, 0.25) is 0 Å².